The van der Waals surface area contributed by atoms with Crippen molar-refractivity contribution in [1.82, 2.24) is 4.98 Å². The molecule has 4 heteroatoms. The molecule has 3 nitrogen and oxygen atoms in total. The number of carbonyl (C=O) groups excluding carboxylic acids is 1. The lowest BCUT2D eigenvalue weighted by Gasteiger charge is -2.35. The lowest BCUT2D eigenvalue weighted by Crippen LogP contribution is -2.37. The first-order chi connectivity index (χ1) is 18.5. The van der Waals surface area contributed by atoms with Gasteiger partial charge in [0.1, 0.15) is 5.69 Å². The van der Waals surface area contributed by atoms with E-state index >= 15 is 0 Å². The SMILES string of the molecule is CC(C)CCN1/C(=C\C(=O)c2ccccn2)C(Cc2ccccc2)(Cc2ccccc2)c2cc(Cl)ccc21. The number of pyridine rings is 1. The fraction of sp³-hybridized carbons (Fsp3) is 0.235. The molecule has 4 aromatic rings. The lowest BCUT2D eigenvalue weighted by atomic mass is 9.70. The highest BCUT2D eigenvalue weighted by atomic mass is 35.5. The first-order valence-corrected chi connectivity index (χ1v) is 13.7. The van der Waals surface area contributed by atoms with Crippen LogP contribution in [0.2, 0.25) is 5.02 Å². The summed E-state index contributed by atoms with van der Waals surface area (Å²) in [7, 11) is 0. The summed E-state index contributed by atoms with van der Waals surface area (Å²) in [5.74, 6) is 0.441. The molecule has 0 unspecified atom stereocenters. The van der Waals surface area contributed by atoms with E-state index in [1.807, 2.05) is 36.4 Å². The minimum atomic E-state index is -0.482. The largest absolute Gasteiger partial charge is 0.344 e. The number of fused-ring (bicyclic) bond motifs is 1. The molecule has 0 saturated heterocycles. The molecule has 0 N–H and O–H groups in total. The Morgan fingerprint density at radius 3 is 2.11 bits per heavy atom. The number of carbonyl (C=O) groups is 1. The minimum Gasteiger partial charge on any atom is -0.344 e. The van der Waals surface area contributed by atoms with Gasteiger partial charge in [0.15, 0.2) is 0 Å². The van der Waals surface area contributed by atoms with Crippen molar-refractivity contribution in [3.05, 3.63) is 142 Å². The van der Waals surface area contributed by atoms with Crippen LogP contribution in [-0.2, 0) is 18.3 Å². The average molecular weight is 521 g/mol. The standard InChI is InChI=1S/C34H33ClN2O/c1-25(2)18-20-37-31-17-16-28(35)21-29(31)34(23-26-11-5-3-6-12-26,24-27-13-7-4-8-14-27)33(37)22-32(38)30-15-9-10-19-36-30/h3-17,19,21-22,25H,18,20,23-24H2,1-2H3/b33-22-. The first kappa shape index (κ1) is 25.9. The van der Waals surface area contributed by atoms with Gasteiger partial charge in [0.05, 0.1) is 0 Å². The Bertz CT molecular complexity index is 1370. The molecule has 0 bridgehead atoms. The van der Waals surface area contributed by atoms with Crippen molar-refractivity contribution in [1.29, 1.82) is 0 Å². The van der Waals surface area contributed by atoms with E-state index in [1.165, 1.54) is 16.7 Å². The van der Waals surface area contributed by atoms with Crippen LogP contribution in [0.4, 0.5) is 5.69 Å². The van der Waals surface area contributed by atoms with Gasteiger partial charge >= 0.3 is 0 Å². The zero-order chi connectivity index (χ0) is 26.5. The summed E-state index contributed by atoms with van der Waals surface area (Å²) < 4.78 is 0. The van der Waals surface area contributed by atoms with Crippen molar-refractivity contribution in [2.75, 3.05) is 11.4 Å². The highest BCUT2D eigenvalue weighted by Crippen LogP contribution is 2.52. The van der Waals surface area contributed by atoms with Gasteiger partial charge in [-0.1, -0.05) is 92.2 Å². The number of aromatic nitrogens is 1. The highest BCUT2D eigenvalue weighted by molar-refractivity contribution is 6.30. The van der Waals surface area contributed by atoms with Crippen molar-refractivity contribution in [3.63, 3.8) is 0 Å². The molecule has 3 aromatic carbocycles. The summed E-state index contributed by atoms with van der Waals surface area (Å²) in [6, 6.07) is 32.8. The minimum absolute atomic E-state index is 0.0838. The second-order valence-corrected chi connectivity index (χ2v) is 10.9. The van der Waals surface area contributed by atoms with Crippen LogP contribution in [0.1, 0.15) is 47.4 Å². The van der Waals surface area contributed by atoms with Crippen molar-refractivity contribution in [2.45, 2.75) is 38.5 Å². The maximum atomic E-state index is 13.7. The van der Waals surface area contributed by atoms with Crippen LogP contribution < -0.4 is 4.90 Å². The third-order valence-corrected chi connectivity index (χ3v) is 7.59. The summed E-state index contributed by atoms with van der Waals surface area (Å²) in [5.41, 5.74) is 5.71. The predicted molar refractivity (Wildman–Crippen MR) is 157 cm³/mol. The number of rotatable bonds is 9. The van der Waals surface area contributed by atoms with Gasteiger partial charge in [-0.05, 0) is 72.2 Å². The van der Waals surface area contributed by atoms with Crippen LogP contribution in [0, 0.1) is 5.92 Å². The van der Waals surface area contributed by atoms with E-state index < -0.39 is 5.41 Å². The topological polar surface area (TPSA) is 33.2 Å². The Balaban J connectivity index is 1.75. The summed E-state index contributed by atoms with van der Waals surface area (Å²) in [6.45, 7) is 5.30. The van der Waals surface area contributed by atoms with E-state index in [2.05, 4.69) is 84.4 Å². The van der Waals surface area contributed by atoms with E-state index in [1.54, 1.807) is 12.3 Å². The second kappa shape index (κ2) is 11.4. The summed E-state index contributed by atoms with van der Waals surface area (Å²) >= 11 is 6.67. The number of allylic oxidation sites excluding steroid dienone is 2. The molecule has 2 heterocycles. The van der Waals surface area contributed by atoms with E-state index in [9.17, 15) is 4.79 Å². The van der Waals surface area contributed by atoms with Crippen LogP contribution in [0.3, 0.4) is 0 Å². The smallest absolute Gasteiger partial charge is 0.205 e. The number of anilines is 1. The average Bonchev–Trinajstić information content (AvgIpc) is 3.16. The number of hydrogen-bond acceptors (Lipinski definition) is 3. The van der Waals surface area contributed by atoms with Gasteiger partial charge in [0.25, 0.3) is 0 Å². The molecule has 0 aliphatic carbocycles. The Labute approximate surface area is 230 Å². The normalized spacial score (nSPS) is 15.2. The van der Waals surface area contributed by atoms with Gasteiger partial charge in [-0.15, -0.1) is 0 Å². The molecule has 1 aromatic heterocycles. The second-order valence-electron chi connectivity index (χ2n) is 10.5. The number of hydrogen-bond donors (Lipinski definition) is 0. The lowest BCUT2D eigenvalue weighted by molar-refractivity contribution is 0.104. The Morgan fingerprint density at radius 2 is 1.53 bits per heavy atom. The molecule has 1 aliphatic heterocycles. The fourth-order valence-corrected chi connectivity index (χ4v) is 5.70. The van der Waals surface area contributed by atoms with Crippen molar-refractivity contribution in [2.24, 2.45) is 5.92 Å². The predicted octanol–water partition coefficient (Wildman–Crippen LogP) is 8.09. The van der Waals surface area contributed by atoms with E-state index in [-0.39, 0.29) is 5.78 Å². The summed E-state index contributed by atoms with van der Waals surface area (Å²) in [4.78, 5) is 20.4. The molecule has 0 spiro atoms. The van der Waals surface area contributed by atoms with E-state index in [0.29, 0.717) is 16.6 Å². The molecule has 0 amide bonds. The third-order valence-electron chi connectivity index (χ3n) is 7.36. The summed E-state index contributed by atoms with van der Waals surface area (Å²) in [6.07, 6.45) is 6.00. The molecular weight excluding hydrogens is 488 g/mol. The van der Waals surface area contributed by atoms with Gasteiger partial charge in [0, 0.05) is 40.6 Å². The zero-order valence-corrected chi connectivity index (χ0v) is 22.7. The quantitative estimate of drug-likeness (QED) is 0.165. The highest BCUT2D eigenvalue weighted by Gasteiger charge is 2.47. The van der Waals surface area contributed by atoms with Crippen LogP contribution in [-0.4, -0.2) is 17.3 Å². The molecule has 0 atom stereocenters. The molecule has 0 fully saturated rings. The maximum Gasteiger partial charge on any atom is 0.205 e. The van der Waals surface area contributed by atoms with Crippen LogP contribution in [0.15, 0.2) is 115 Å². The molecule has 0 saturated carbocycles. The number of ketones is 1. The Kier molecular flexibility index (Phi) is 7.76. The number of halogens is 1. The van der Waals surface area contributed by atoms with Crippen LogP contribution in [0.5, 0.6) is 0 Å². The molecule has 0 radical (unpaired) electrons. The van der Waals surface area contributed by atoms with Gasteiger partial charge < -0.3 is 4.90 Å². The Hall–Kier alpha value is -3.69. The zero-order valence-electron chi connectivity index (χ0n) is 22.0. The van der Waals surface area contributed by atoms with Gasteiger partial charge in [-0.2, -0.15) is 0 Å². The number of benzene rings is 3. The van der Waals surface area contributed by atoms with Crippen LogP contribution >= 0.6 is 11.6 Å². The molecule has 192 valence electrons. The third kappa shape index (κ3) is 5.44. The van der Waals surface area contributed by atoms with Crippen molar-refractivity contribution >= 4 is 23.1 Å². The first-order valence-electron chi connectivity index (χ1n) is 13.3. The fourth-order valence-electron chi connectivity index (χ4n) is 5.53. The molecular formula is C34H33ClN2O. The van der Waals surface area contributed by atoms with Gasteiger partial charge in [0.2, 0.25) is 5.78 Å². The van der Waals surface area contributed by atoms with E-state index in [0.717, 1.165) is 37.2 Å². The van der Waals surface area contributed by atoms with Crippen molar-refractivity contribution < 1.29 is 4.79 Å². The Morgan fingerprint density at radius 1 is 0.895 bits per heavy atom. The van der Waals surface area contributed by atoms with Crippen LogP contribution in [0.25, 0.3) is 0 Å². The number of nitrogens with zero attached hydrogens (tertiary/aromatic N) is 2. The van der Waals surface area contributed by atoms with Gasteiger partial charge in [-0.25, -0.2) is 0 Å². The monoisotopic (exact) mass is 520 g/mol. The molecule has 38 heavy (non-hydrogen) atoms. The van der Waals surface area contributed by atoms with Gasteiger partial charge in [-0.3, -0.25) is 9.78 Å². The molecule has 1 aliphatic rings. The van der Waals surface area contributed by atoms with E-state index in [4.69, 9.17) is 11.6 Å². The maximum absolute atomic E-state index is 13.7. The summed E-state index contributed by atoms with van der Waals surface area (Å²) in [5, 5.41) is 0.704. The molecule has 5 rings (SSSR count). The van der Waals surface area contributed by atoms with Crippen molar-refractivity contribution in [3.8, 4) is 0 Å².